The van der Waals surface area contributed by atoms with E-state index < -0.39 is 5.54 Å². The molecule has 0 radical (unpaired) electrons. The summed E-state index contributed by atoms with van der Waals surface area (Å²) in [6.45, 7) is 5.32. The number of fused-ring (bicyclic) bond motifs is 4. The molecule has 1 aromatic carbocycles. The molecule has 4 heterocycles. The Kier molecular flexibility index (Phi) is 4.43. The molecule has 3 aliphatic heterocycles. The number of nitrogens with one attached hydrogen (secondary N) is 1. The molecule has 0 unspecified atom stereocenters. The molecular weight excluding hydrogens is 376 g/mol. The van der Waals surface area contributed by atoms with Crippen molar-refractivity contribution in [2.75, 3.05) is 18.9 Å². The molecule has 2 aromatic rings. The van der Waals surface area contributed by atoms with Crippen LogP contribution in [0.1, 0.15) is 41.8 Å². The molecule has 0 saturated carbocycles. The quantitative estimate of drug-likeness (QED) is 0.854. The van der Waals surface area contributed by atoms with Crippen molar-refractivity contribution in [3.8, 4) is 0 Å². The predicted molar refractivity (Wildman–Crippen MR) is 115 cm³/mol. The number of carbonyl (C=O) groups is 2. The van der Waals surface area contributed by atoms with Gasteiger partial charge in [-0.2, -0.15) is 0 Å². The van der Waals surface area contributed by atoms with Gasteiger partial charge in [-0.25, -0.2) is 0 Å². The third-order valence-corrected chi connectivity index (χ3v) is 7.00. The number of aromatic nitrogens is 1. The van der Waals surface area contributed by atoms with Crippen molar-refractivity contribution in [2.45, 2.75) is 51.2 Å². The first-order valence-electron chi connectivity index (χ1n) is 10.8. The summed E-state index contributed by atoms with van der Waals surface area (Å²) < 4.78 is 0. The highest BCUT2D eigenvalue weighted by Crippen LogP contribution is 2.55. The van der Waals surface area contributed by atoms with E-state index in [9.17, 15) is 9.59 Å². The fourth-order valence-corrected chi connectivity index (χ4v) is 5.96. The van der Waals surface area contributed by atoms with E-state index in [0.29, 0.717) is 6.54 Å². The van der Waals surface area contributed by atoms with Crippen LogP contribution in [0.4, 0.5) is 5.69 Å². The van der Waals surface area contributed by atoms with Gasteiger partial charge in [0.15, 0.2) is 0 Å². The maximum Gasteiger partial charge on any atom is 0.250 e. The molecule has 0 aliphatic carbocycles. The molecule has 1 N–H and O–H groups in total. The summed E-state index contributed by atoms with van der Waals surface area (Å²) in [5, 5.41) is 3.07. The Morgan fingerprint density at radius 1 is 1.30 bits per heavy atom. The summed E-state index contributed by atoms with van der Waals surface area (Å²) in [6.07, 6.45) is 2.85. The van der Waals surface area contributed by atoms with Gasteiger partial charge in [-0.3, -0.25) is 19.5 Å². The van der Waals surface area contributed by atoms with Gasteiger partial charge >= 0.3 is 0 Å². The van der Waals surface area contributed by atoms with Crippen molar-refractivity contribution in [3.05, 3.63) is 58.9 Å². The number of benzene rings is 1. The van der Waals surface area contributed by atoms with Crippen LogP contribution in [-0.2, 0) is 21.7 Å². The fraction of sp³-hybridized carbons (Fsp3) is 0.458. The van der Waals surface area contributed by atoms with Gasteiger partial charge < -0.3 is 10.2 Å². The molecular formula is C24H28N4O2. The van der Waals surface area contributed by atoms with E-state index in [1.54, 1.807) is 4.90 Å². The average Bonchev–Trinajstić information content (AvgIpc) is 3.35. The van der Waals surface area contributed by atoms with E-state index in [1.165, 1.54) is 0 Å². The van der Waals surface area contributed by atoms with Crippen molar-refractivity contribution in [3.63, 3.8) is 0 Å². The Hall–Kier alpha value is -2.73. The monoisotopic (exact) mass is 404 g/mol. The third kappa shape index (κ3) is 2.70. The van der Waals surface area contributed by atoms with Crippen molar-refractivity contribution in [1.82, 2.24) is 14.8 Å². The van der Waals surface area contributed by atoms with Gasteiger partial charge in [-0.05, 0) is 63.4 Å². The third-order valence-electron chi connectivity index (χ3n) is 7.00. The lowest BCUT2D eigenvalue weighted by Crippen LogP contribution is -2.54. The lowest BCUT2D eigenvalue weighted by molar-refractivity contribution is -0.143. The van der Waals surface area contributed by atoms with Crippen LogP contribution in [0, 0.1) is 19.8 Å². The number of amides is 2. The van der Waals surface area contributed by atoms with E-state index in [1.807, 2.05) is 57.3 Å². The lowest BCUT2D eigenvalue weighted by Gasteiger charge is -2.37. The number of carbonyl (C=O) groups excluding carboxylic acids is 2. The van der Waals surface area contributed by atoms with Gasteiger partial charge in [0.25, 0.3) is 0 Å². The molecule has 3 aliphatic rings. The van der Waals surface area contributed by atoms with Crippen molar-refractivity contribution >= 4 is 17.5 Å². The van der Waals surface area contributed by atoms with Gasteiger partial charge in [0, 0.05) is 30.0 Å². The topological polar surface area (TPSA) is 65.5 Å². The van der Waals surface area contributed by atoms with Crippen LogP contribution >= 0.6 is 0 Å². The van der Waals surface area contributed by atoms with Crippen LogP contribution in [0.2, 0.25) is 0 Å². The Morgan fingerprint density at radius 2 is 2.10 bits per heavy atom. The van der Waals surface area contributed by atoms with E-state index in [0.717, 1.165) is 54.0 Å². The first-order valence-corrected chi connectivity index (χ1v) is 10.8. The second-order valence-electron chi connectivity index (χ2n) is 9.02. The average molecular weight is 405 g/mol. The van der Waals surface area contributed by atoms with E-state index >= 15 is 0 Å². The van der Waals surface area contributed by atoms with E-state index in [2.05, 4.69) is 15.2 Å². The molecule has 2 saturated heterocycles. The molecule has 3 atom stereocenters. The number of nitrogens with zero attached hydrogens (tertiary/aromatic N) is 3. The van der Waals surface area contributed by atoms with Crippen molar-refractivity contribution < 1.29 is 9.59 Å². The molecule has 1 spiro atoms. The molecule has 2 fully saturated rings. The number of anilines is 1. The van der Waals surface area contributed by atoms with Crippen LogP contribution in [0.15, 0.2) is 36.4 Å². The molecule has 6 heteroatoms. The second kappa shape index (κ2) is 6.91. The number of aryl methyl sites for hydroxylation is 2. The summed E-state index contributed by atoms with van der Waals surface area (Å²) in [5.41, 5.74) is 3.88. The summed E-state index contributed by atoms with van der Waals surface area (Å²) in [4.78, 5) is 35.9. The van der Waals surface area contributed by atoms with Crippen molar-refractivity contribution in [2.24, 2.45) is 5.92 Å². The van der Waals surface area contributed by atoms with Gasteiger partial charge in [-0.1, -0.05) is 18.2 Å². The summed E-state index contributed by atoms with van der Waals surface area (Å²) >= 11 is 0. The van der Waals surface area contributed by atoms with E-state index in [-0.39, 0.29) is 23.8 Å². The Morgan fingerprint density at radius 3 is 2.90 bits per heavy atom. The Bertz CT molecular complexity index is 1020. The number of para-hydroxylation sites is 1. The maximum atomic E-state index is 13.8. The summed E-state index contributed by atoms with van der Waals surface area (Å²) in [7, 11) is 1.83. The summed E-state index contributed by atoms with van der Waals surface area (Å²) in [5.74, 6) is -0.413. The lowest BCUT2D eigenvalue weighted by atomic mass is 9.78. The van der Waals surface area contributed by atoms with Crippen LogP contribution in [0.25, 0.3) is 0 Å². The molecule has 5 rings (SSSR count). The minimum Gasteiger partial charge on any atom is -0.340 e. The van der Waals surface area contributed by atoms with Crippen LogP contribution in [0.5, 0.6) is 0 Å². The minimum atomic E-state index is -0.890. The normalized spacial score (nSPS) is 27.2. The van der Waals surface area contributed by atoms with E-state index in [4.69, 9.17) is 0 Å². The smallest absolute Gasteiger partial charge is 0.250 e. The molecule has 2 amide bonds. The Balaban J connectivity index is 1.51. The minimum absolute atomic E-state index is 0.0252. The zero-order valence-corrected chi connectivity index (χ0v) is 17.8. The highest BCUT2D eigenvalue weighted by Gasteiger charge is 2.65. The molecule has 0 bridgehead atoms. The number of rotatable bonds is 3. The molecule has 6 nitrogen and oxygen atoms in total. The van der Waals surface area contributed by atoms with Gasteiger partial charge in [0.2, 0.25) is 11.8 Å². The predicted octanol–water partition coefficient (Wildman–Crippen LogP) is 2.99. The largest absolute Gasteiger partial charge is 0.340 e. The van der Waals surface area contributed by atoms with Crippen LogP contribution in [0.3, 0.4) is 0 Å². The van der Waals surface area contributed by atoms with Crippen LogP contribution < -0.4 is 5.32 Å². The summed E-state index contributed by atoms with van der Waals surface area (Å²) in [6, 6.07) is 12.2. The zero-order chi connectivity index (χ0) is 21.0. The maximum absolute atomic E-state index is 13.8. The highest BCUT2D eigenvalue weighted by molar-refractivity contribution is 6.09. The zero-order valence-electron chi connectivity index (χ0n) is 17.8. The molecule has 30 heavy (non-hydrogen) atoms. The molecule has 156 valence electrons. The van der Waals surface area contributed by atoms with Crippen LogP contribution in [-0.4, -0.2) is 46.2 Å². The van der Waals surface area contributed by atoms with Crippen molar-refractivity contribution in [1.29, 1.82) is 0 Å². The van der Waals surface area contributed by atoms with Gasteiger partial charge in [0.05, 0.1) is 18.2 Å². The number of pyridine rings is 1. The first-order chi connectivity index (χ1) is 14.4. The number of hydrogen-bond donors (Lipinski definition) is 1. The van der Waals surface area contributed by atoms with Gasteiger partial charge in [-0.15, -0.1) is 0 Å². The standard InChI is InChI=1S/C24H28N4O2/c1-15-11-16(2)25-17(12-15)14-27(3)22(29)20-13-18-7-6-10-28(18)24(20)19-8-4-5-9-21(19)26-23(24)30/h4-5,8-9,11-12,18,20H,6-7,10,13-14H2,1-3H3,(H,26,30)/t18-,20-,24+/m1/s1. The Labute approximate surface area is 177 Å². The number of hydrogen-bond acceptors (Lipinski definition) is 4. The SMILES string of the molecule is Cc1cc(C)nc(CN(C)C(=O)[C@H]2C[C@H]3CCCN3[C@]23C(=O)Nc2ccccc23)c1. The first kappa shape index (κ1) is 19.2. The van der Waals surface area contributed by atoms with Gasteiger partial charge in [0.1, 0.15) is 5.54 Å². The second-order valence-corrected chi connectivity index (χ2v) is 9.02. The highest BCUT2D eigenvalue weighted by atomic mass is 16.2. The molecule has 1 aromatic heterocycles. The fourth-order valence-electron chi connectivity index (χ4n) is 5.96.